The first-order chi connectivity index (χ1) is 10.7. The van der Waals surface area contributed by atoms with Gasteiger partial charge in [-0.25, -0.2) is 0 Å². The number of aromatic nitrogens is 1. The molecule has 0 bridgehead atoms. The second-order valence-corrected chi connectivity index (χ2v) is 5.32. The summed E-state index contributed by atoms with van der Waals surface area (Å²) in [4.78, 5) is 16.3. The van der Waals surface area contributed by atoms with Crippen molar-refractivity contribution in [3.8, 4) is 5.75 Å². The van der Waals surface area contributed by atoms with Crippen LogP contribution < -0.4 is 5.32 Å². The molecule has 116 valence electrons. The molecule has 1 aromatic carbocycles. The molecule has 2 N–H and O–H groups in total. The van der Waals surface area contributed by atoms with Crippen LogP contribution in [0.1, 0.15) is 36.9 Å². The van der Waals surface area contributed by atoms with Gasteiger partial charge in [0.15, 0.2) is 0 Å². The second kappa shape index (κ2) is 8.17. The van der Waals surface area contributed by atoms with Gasteiger partial charge in [0.2, 0.25) is 5.91 Å². The molecule has 1 aromatic heterocycles. The number of hydrogen-bond donors (Lipinski definition) is 2. The van der Waals surface area contributed by atoms with Crippen LogP contribution >= 0.6 is 0 Å². The maximum atomic E-state index is 12.1. The van der Waals surface area contributed by atoms with E-state index in [0.29, 0.717) is 13.0 Å². The van der Waals surface area contributed by atoms with Crippen LogP contribution in [0, 0.1) is 0 Å². The standard InChI is InChI=1S/C18H22N2O2/c1-2-14(15-6-8-17(21)9-7-15)13-18(22)20-12-10-16-5-3-4-11-19-16/h3-9,11,14,21H,2,10,12-13H2,1H3,(H,20,22). The van der Waals surface area contributed by atoms with E-state index in [2.05, 4.69) is 17.2 Å². The number of hydrogen-bond acceptors (Lipinski definition) is 3. The molecular weight excluding hydrogens is 276 g/mol. The summed E-state index contributed by atoms with van der Waals surface area (Å²) in [5.74, 6) is 0.477. The Hall–Kier alpha value is -2.36. The Labute approximate surface area is 131 Å². The molecule has 1 amide bonds. The monoisotopic (exact) mass is 298 g/mol. The number of nitrogens with one attached hydrogen (secondary N) is 1. The molecule has 4 nitrogen and oxygen atoms in total. The number of phenols is 1. The van der Waals surface area contributed by atoms with E-state index in [9.17, 15) is 9.90 Å². The Balaban J connectivity index is 1.81. The van der Waals surface area contributed by atoms with E-state index in [1.165, 1.54) is 0 Å². The predicted molar refractivity (Wildman–Crippen MR) is 86.7 cm³/mol. The maximum absolute atomic E-state index is 12.1. The molecule has 22 heavy (non-hydrogen) atoms. The molecule has 0 spiro atoms. The number of nitrogens with zero attached hydrogens (tertiary/aromatic N) is 1. The SMILES string of the molecule is CCC(CC(=O)NCCc1ccccn1)c1ccc(O)cc1. The highest BCUT2D eigenvalue weighted by atomic mass is 16.3. The van der Waals surface area contributed by atoms with E-state index in [-0.39, 0.29) is 17.6 Å². The van der Waals surface area contributed by atoms with Crippen LogP contribution in [0.3, 0.4) is 0 Å². The number of amides is 1. The van der Waals surface area contributed by atoms with Crippen molar-refractivity contribution in [3.05, 3.63) is 59.9 Å². The number of carbonyl (C=O) groups is 1. The van der Waals surface area contributed by atoms with Crippen LogP contribution in [0.15, 0.2) is 48.7 Å². The highest BCUT2D eigenvalue weighted by Crippen LogP contribution is 2.24. The van der Waals surface area contributed by atoms with Crippen LogP contribution in [0.2, 0.25) is 0 Å². The third-order valence-electron chi connectivity index (χ3n) is 3.72. The van der Waals surface area contributed by atoms with E-state index >= 15 is 0 Å². The molecule has 0 aliphatic heterocycles. The highest BCUT2D eigenvalue weighted by Gasteiger charge is 2.14. The van der Waals surface area contributed by atoms with Crippen molar-refractivity contribution in [1.29, 1.82) is 0 Å². The molecule has 1 atom stereocenters. The summed E-state index contributed by atoms with van der Waals surface area (Å²) in [6.45, 7) is 2.67. The van der Waals surface area contributed by atoms with Crippen LogP contribution in [0.4, 0.5) is 0 Å². The van der Waals surface area contributed by atoms with Gasteiger partial charge in [0.05, 0.1) is 0 Å². The van der Waals surface area contributed by atoms with E-state index in [4.69, 9.17) is 0 Å². The van der Waals surface area contributed by atoms with Gasteiger partial charge < -0.3 is 10.4 Å². The van der Waals surface area contributed by atoms with Gasteiger partial charge in [-0.1, -0.05) is 25.1 Å². The van der Waals surface area contributed by atoms with Crippen LogP contribution in [-0.4, -0.2) is 22.5 Å². The molecule has 0 saturated carbocycles. The summed E-state index contributed by atoms with van der Waals surface area (Å²) in [7, 11) is 0. The number of rotatable bonds is 7. The number of aromatic hydroxyl groups is 1. The number of carbonyl (C=O) groups excluding carboxylic acids is 1. The van der Waals surface area contributed by atoms with Gasteiger partial charge in [-0.3, -0.25) is 9.78 Å². The van der Waals surface area contributed by atoms with Crippen molar-refractivity contribution >= 4 is 5.91 Å². The first-order valence-electron chi connectivity index (χ1n) is 7.64. The lowest BCUT2D eigenvalue weighted by Gasteiger charge is -2.15. The van der Waals surface area contributed by atoms with E-state index in [1.54, 1.807) is 18.3 Å². The van der Waals surface area contributed by atoms with Crippen molar-refractivity contribution < 1.29 is 9.90 Å². The van der Waals surface area contributed by atoms with Crippen molar-refractivity contribution in [2.45, 2.75) is 32.1 Å². The molecule has 0 aliphatic rings. The van der Waals surface area contributed by atoms with Crippen LogP contribution in [-0.2, 0) is 11.2 Å². The fraction of sp³-hybridized carbons (Fsp3) is 0.333. The zero-order chi connectivity index (χ0) is 15.8. The van der Waals surface area contributed by atoms with Crippen LogP contribution in [0.5, 0.6) is 5.75 Å². The number of benzene rings is 1. The van der Waals surface area contributed by atoms with Gasteiger partial charge in [0.25, 0.3) is 0 Å². The third kappa shape index (κ3) is 4.88. The minimum atomic E-state index is 0.0517. The molecular formula is C18H22N2O2. The van der Waals surface area contributed by atoms with E-state index in [1.807, 2.05) is 30.3 Å². The molecule has 1 heterocycles. The van der Waals surface area contributed by atoms with Gasteiger partial charge in [-0.2, -0.15) is 0 Å². The van der Waals surface area contributed by atoms with Gasteiger partial charge >= 0.3 is 0 Å². The van der Waals surface area contributed by atoms with Crippen molar-refractivity contribution in [1.82, 2.24) is 10.3 Å². The Morgan fingerprint density at radius 1 is 1.23 bits per heavy atom. The lowest BCUT2D eigenvalue weighted by molar-refractivity contribution is -0.121. The Morgan fingerprint density at radius 2 is 2.00 bits per heavy atom. The van der Waals surface area contributed by atoms with Gasteiger partial charge in [0.1, 0.15) is 5.75 Å². The quantitative estimate of drug-likeness (QED) is 0.826. The summed E-state index contributed by atoms with van der Waals surface area (Å²) < 4.78 is 0. The molecule has 0 fully saturated rings. The van der Waals surface area contributed by atoms with E-state index in [0.717, 1.165) is 24.1 Å². The van der Waals surface area contributed by atoms with Gasteiger partial charge in [-0.05, 0) is 42.2 Å². The van der Waals surface area contributed by atoms with Crippen molar-refractivity contribution in [2.75, 3.05) is 6.54 Å². The maximum Gasteiger partial charge on any atom is 0.220 e. The molecule has 0 aliphatic carbocycles. The summed E-state index contributed by atoms with van der Waals surface area (Å²) in [6.07, 6.45) is 3.85. The van der Waals surface area contributed by atoms with Crippen molar-refractivity contribution in [3.63, 3.8) is 0 Å². The Morgan fingerprint density at radius 3 is 2.64 bits per heavy atom. The minimum Gasteiger partial charge on any atom is -0.508 e. The average Bonchev–Trinajstić information content (AvgIpc) is 2.54. The van der Waals surface area contributed by atoms with Crippen LogP contribution in [0.25, 0.3) is 0 Å². The largest absolute Gasteiger partial charge is 0.508 e. The Bertz CT molecular complexity index is 582. The molecule has 0 radical (unpaired) electrons. The third-order valence-corrected chi connectivity index (χ3v) is 3.72. The van der Waals surface area contributed by atoms with E-state index < -0.39 is 0 Å². The first-order valence-corrected chi connectivity index (χ1v) is 7.64. The summed E-state index contributed by atoms with van der Waals surface area (Å²) in [5, 5.41) is 12.3. The summed E-state index contributed by atoms with van der Waals surface area (Å²) >= 11 is 0. The van der Waals surface area contributed by atoms with Crippen molar-refractivity contribution in [2.24, 2.45) is 0 Å². The molecule has 2 aromatic rings. The molecule has 1 unspecified atom stereocenters. The van der Waals surface area contributed by atoms with Gasteiger partial charge in [0, 0.05) is 31.3 Å². The summed E-state index contributed by atoms with van der Waals surface area (Å²) in [6, 6.07) is 12.9. The molecule has 4 heteroatoms. The Kier molecular flexibility index (Phi) is 5.95. The smallest absolute Gasteiger partial charge is 0.220 e. The lowest BCUT2D eigenvalue weighted by atomic mass is 9.93. The topological polar surface area (TPSA) is 62.2 Å². The fourth-order valence-electron chi connectivity index (χ4n) is 2.42. The summed E-state index contributed by atoms with van der Waals surface area (Å²) in [5.41, 5.74) is 2.06. The minimum absolute atomic E-state index is 0.0517. The number of pyridine rings is 1. The normalized spacial score (nSPS) is 11.9. The fourth-order valence-corrected chi connectivity index (χ4v) is 2.42. The highest BCUT2D eigenvalue weighted by molar-refractivity contribution is 5.76. The lowest BCUT2D eigenvalue weighted by Crippen LogP contribution is -2.27. The molecule has 0 saturated heterocycles. The predicted octanol–water partition coefficient (Wildman–Crippen LogP) is 3.03. The zero-order valence-corrected chi connectivity index (χ0v) is 12.8. The average molecular weight is 298 g/mol. The second-order valence-electron chi connectivity index (χ2n) is 5.32. The number of phenolic OH excluding ortho intramolecular Hbond substituents is 1. The zero-order valence-electron chi connectivity index (χ0n) is 12.8. The first kappa shape index (κ1) is 16.0. The molecule has 2 rings (SSSR count). The van der Waals surface area contributed by atoms with Gasteiger partial charge in [-0.15, -0.1) is 0 Å².